The van der Waals surface area contributed by atoms with Crippen LogP contribution in [0, 0.1) is 0 Å². The van der Waals surface area contributed by atoms with E-state index in [0.29, 0.717) is 5.39 Å². The minimum atomic E-state index is -0.710. The van der Waals surface area contributed by atoms with Crippen molar-refractivity contribution in [2.45, 2.75) is 0 Å². The number of aromatic amines is 2. The van der Waals surface area contributed by atoms with E-state index >= 15 is 0 Å². The van der Waals surface area contributed by atoms with Gasteiger partial charge in [-0.05, 0) is 18.2 Å². The Kier molecular flexibility index (Phi) is 3.59. The first-order chi connectivity index (χ1) is 14.1. The lowest BCUT2D eigenvalue weighted by atomic mass is 10.3. The predicted molar refractivity (Wildman–Crippen MR) is 105 cm³/mol. The molecular weight excluding hydrogens is 376 g/mol. The summed E-state index contributed by atoms with van der Waals surface area (Å²) in [5.74, 6) is 0.277. The minimum Gasteiger partial charge on any atom is -0.324 e. The molecule has 11 nitrogen and oxygen atoms in total. The van der Waals surface area contributed by atoms with Crippen LogP contribution in [0.15, 0.2) is 69.4 Å². The van der Waals surface area contributed by atoms with E-state index in [2.05, 4.69) is 30.2 Å². The van der Waals surface area contributed by atoms with Crippen LogP contribution < -0.4 is 22.1 Å². The number of anilines is 2. The number of fused-ring (bicyclic) bond motifs is 2. The lowest BCUT2D eigenvalue weighted by molar-refractivity contribution is 0.663. The van der Waals surface area contributed by atoms with Gasteiger partial charge in [-0.15, -0.1) is 0 Å². The lowest BCUT2D eigenvalue weighted by Crippen LogP contribution is -2.28. The van der Waals surface area contributed by atoms with E-state index in [4.69, 9.17) is 0 Å². The zero-order chi connectivity index (χ0) is 20.0. The van der Waals surface area contributed by atoms with E-state index in [1.54, 1.807) is 12.3 Å². The minimum absolute atomic E-state index is 0.00908. The van der Waals surface area contributed by atoms with Crippen molar-refractivity contribution < 1.29 is 0 Å². The Hall–Kier alpha value is -4.54. The highest BCUT2D eigenvalue weighted by atomic mass is 16.2. The Morgan fingerprint density at radius 3 is 2.59 bits per heavy atom. The lowest BCUT2D eigenvalue weighted by Gasteiger charge is -2.11. The fraction of sp³-hybridized carbons (Fsp3) is 0. The Morgan fingerprint density at radius 1 is 0.931 bits per heavy atom. The number of para-hydroxylation sites is 1. The Balaban J connectivity index is 1.76. The topological polar surface area (TPSA) is 143 Å². The third-order valence-electron chi connectivity index (χ3n) is 4.28. The van der Waals surface area contributed by atoms with Crippen LogP contribution in [0.4, 0.5) is 11.6 Å². The second-order valence-electron chi connectivity index (χ2n) is 6.14. The van der Waals surface area contributed by atoms with Gasteiger partial charge in [-0.3, -0.25) is 19.6 Å². The number of imidazole rings is 1. The number of aromatic nitrogens is 7. The van der Waals surface area contributed by atoms with Crippen molar-refractivity contribution in [1.29, 1.82) is 0 Å². The van der Waals surface area contributed by atoms with Crippen molar-refractivity contribution in [2.75, 3.05) is 5.32 Å². The highest BCUT2D eigenvalue weighted by Gasteiger charge is 2.14. The van der Waals surface area contributed by atoms with Gasteiger partial charge in [0.15, 0.2) is 16.8 Å². The second-order valence-corrected chi connectivity index (χ2v) is 6.14. The van der Waals surface area contributed by atoms with E-state index < -0.39 is 16.8 Å². The molecule has 11 heteroatoms. The van der Waals surface area contributed by atoms with Gasteiger partial charge >= 0.3 is 5.69 Å². The standard InChI is InChI=1S/C18H12N8O3/c27-12-7-6-10-8-19-17(21-11-4-2-1-3-5-11)22-14(10)26(12)25-9-20-13-15(25)23-18(29)24-16(13)28/h1-9H,(H,19,21,22)(H2,23,24,28,29). The molecule has 0 amide bonds. The Labute approximate surface area is 160 Å². The fourth-order valence-electron chi connectivity index (χ4n) is 3.00. The van der Waals surface area contributed by atoms with Gasteiger partial charge in [-0.25, -0.2) is 19.4 Å². The van der Waals surface area contributed by atoms with Crippen molar-refractivity contribution >= 4 is 33.8 Å². The molecule has 5 aromatic rings. The van der Waals surface area contributed by atoms with Crippen LogP contribution in [0.5, 0.6) is 0 Å². The maximum atomic E-state index is 12.7. The molecular formula is C18H12N8O3. The highest BCUT2D eigenvalue weighted by molar-refractivity contribution is 5.77. The molecule has 0 bridgehead atoms. The maximum absolute atomic E-state index is 12.7. The largest absolute Gasteiger partial charge is 0.327 e. The van der Waals surface area contributed by atoms with Gasteiger partial charge in [0.05, 0.1) is 0 Å². The first-order valence-corrected chi connectivity index (χ1v) is 8.51. The molecule has 0 aliphatic heterocycles. The number of H-pyrrole nitrogens is 2. The number of nitrogens with one attached hydrogen (secondary N) is 3. The van der Waals surface area contributed by atoms with Gasteiger partial charge in [-0.2, -0.15) is 9.66 Å². The summed E-state index contributed by atoms with van der Waals surface area (Å²) in [6.07, 6.45) is 2.83. The van der Waals surface area contributed by atoms with Crippen LogP contribution in [0.25, 0.3) is 22.2 Å². The Morgan fingerprint density at radius 2 is 1.76 bits per heavy atom. The van der Waals surface area contributed by atoms with Crippen molar-refractivity contribution in [3.63, 3.8) is 0 Å². The molecule has 142 valence electrons. The van der Waals surface area contributed by atoms with Crippen LogP contribution in [0.2, 0.25) is 0 Å². The van der Waals surface area contributed by atoms with Crippen LogP contribution in [-0.2, 0) is 0 Å². The molecule has 4 aromatic heterocycles. The average Bonchev–Trinajstić information content (AvgIpc) is 3.12. The van der Waals surface area contributed by atoms with Crippen molar-refractivity contribution in [1.82, 2.24) is 34.3 Å². The molecule has 29 heavy (non-hydrogen) atoms. The van der Waals surface area contributed by atoms with E-state index in [1.807, 2.05) is 30.3 Å². The molecule has 0 saturated carbocycles. The molecule has 5 rings (SSSR count). The van der Waals surface area contributed by atoms with E-state index in [-0.39, 0.29) is 22.8 Å². The molecule has 0 aliphatic carbocycles. The smallest absolute Gasteiger partial charge is 0.324 e. The highest BCUT2D eigenvalue weighted by Crippen LogP contribution is 2.16. The summed E-state index contributed by atoms with van der Waals surface area (Å²) in [6, 6.07) is 12.3. The molecule has 0 radical (unpaired) electrons. The molecule has 0 spiro atoms. The molecule has 0 fully saturated rings. The summed E-state index contributed by atoms with van der Waals surface area (Å²) < 4.78 is 2.48. The fourth-order valence-corrected chi connectivity index (χ4v) is 3.00. The zero-order valence-corrected chi connectivity index (χ0v) is 14.7. The number of nitrogens with zero attached hydrogens (tertiary/aromatic N) is 5. The Bertz CT molecular complexity index is 1550. The number of rotatable bonds is 3. The second kappa shape index (κ2) is 6.27. The van der Waals surface area contributed by atoms with Gasteiger partial charge in [-0.1, -0.05) is 18.2 Å². The molecule has 0 saturated heterocycles. The summed E-state index contributed by atoms with van der Waals surface area (Å²) in [5.41, 5.74) is -0.681. The zero-order valence-electron chi connectivity index (χ0n) is 14.7. The number of pyridine rings is 1. The first kappa shape index (κ1) is 16.6. The summed E-state index contributed by atoms with van der Waals surface area (Å²) in [6.45, 7) is 0. The summed E-state index contributed by atoms with van der Waals surface area (Å²) in [4.78, 5) is 53.7. The van der Waals surface area contributed by atoms with Crippen LogP contribution in [0.1, 0.15) is 0 Å². The SMILES string of the molecule is O=c1[nH]c(=O)c2ncn(-n3c(=O)ccc4cnc(Nc5ccccc5)nc43)c2[nH]1. The van der Waals surface area contributed by atoms with E-state index in [1.165, 1.54) is 21.7 Å². The van der Waals surface area contributed by atoms with E-state index in [9.17, 15) is 14.4 Å². The van der Waals surface area contributed by atoms with Gasteiger partial charge in [0.1, 0.15) is 6.33 Å². The summed E-state index contributed by atoms with van der Waals surface area (Å²) >= 11 is 0. The third-order valence-corrected chi connectivity index (χ3v) is 4.28. The normalized spacial score (nSPS) is 11.2. The number of benzene rings is 1. The first-order valence-electron chi connectivity index (χ1n) is 8.51. The van der Waals surface area contributed by atoms with Crippen molar-refractivity contribution in [3.8, 4) is 0 Å². The molecule has 0 unspecified atom stereocenters. The van der Waals surface area contributed by atoms with Crippen molar-refractivity contribution in [2.24, 2.45) is 0 Å². The molecule has 0 aliphatic rings. The van der Waals surface area contributed by atoms with E-state index in [0.717, 1.165) is 5.69 Å². The van der Waals surface area contributed by atoms with Crippen LogP contribution in [0.3, 0.4) is 0 Å². The third kappa shape index (κ3) is 2.77. The summed E-state index contributed by atoms with van der Waals surface area (Å²) in [5, 5.41) is 3.65. The average molecular weight is 388 g/mol. The number of hydrogen-bond donors (Lipinski definition) is 3. The summed E-state index contributed by atoms with van der Waals surface area (Å²) in [7, 11) is 0. The monoisotopic (exact) mass is 388 g/mol. The molecule has 4 heterocycles. The number of hydrogen-bond acceptors (Lipinski definition) is 7. The van der Waals surface area contributed by atoms with Crippen LogP contribution >= 0.6 is 0 Å². The molecule has 1 aromatic carbocycles. The van der Waals surface area contributed by atoms with Gasteiger partial charge in [0, 0.05) is 23.3 Å². The van der Waals surface area contributed by atoms with Gasteiger partial charge < -0.3 is 5.32 Å². The molecule has 3 N–H and O–H groups in total. The van der Waals surface area contributed by atoms with Crippen LogP contribution in [-0.4, -0.2) is 34.3 Å². The molecule has 0 atom stereocenters. The predicted octanol–water partition coefficient (Wildman–Crippen LogP) is 0.573. The van der Waals surface area contributed by atoms with Gasteiger partial charge in [0.25, 0.3) is 11.1 Å². The maximum Gasteiger partial charge on any atom is 0.327 e. The quantitative estimate of drug-likeness (QED) is 0.410. The van der Waals surface area contributed by atoms with Crippen molar-refractivity contribution in [3.05, 3.63) is 86.2 Å². The van der Waals surface area contributed by atoms with Gasteiger partial charge in [0.2, 0.25) is 5.95 Å².